The van der Waals surface area contributed by atoms with Crippen LogP contribution in [0.25, 0.3) is 0 Å². The van der Waals surface area contributed by atoms with E-state index in [1.165, 1.54) is 17.8 Å². The Morgan fingerprint density at radius 3 is 2.67 bits per heavy atom. The van der Waals surface area contributed by atoms with Crippen LogP contribution >= 0.6 is 11.3 Å². The van der Waals surface area contributed by atoms with Gasteiger partial charge in [-0.3, -0.25) is 9.69 Å². The van der Waals surface area contributed by atoms with Gasteiger partial charge in [-0.05, 0) is 31.7 Å². The quantitative estimate of drug-likeness (QED) is 0.773. The van der Waals surface area contributed by atoms with Gasteiger partial charge in [0.1, 0.15) is 11.1 Å². The first-order valence-electron chi connectivity index (χ1n) is 9.89. The Kier molecular flexibility index (Phi) is 6.38. The van der Waals surface area contributed by atoms with Gasteiger partial charge >= 0.3 is 6.09 Å². The van der Waals surface area contributed by atoms with Gasteiger partial charge in [-0.15, -0.1) is 11.3 Å². The van der Waals surface area contributed by atoms with Crippen LogP contribution < -0.4 is 4.90 Å². The van der Waals surface area contributed by atoms with Gasteiger partial charge in [0.15, 0.2) is 0 Å². The second-order valence-electron chi connectivity index (χ2n) is 7.08. The smallest absolute Gasteiger partial charge is 0.410 e. The number of anilines is 1. The molecule has 2 amide bonds. The number of rotatable bonds is 4. The molecule has 0 spiro atoms. The van der Waals surface area contributed by atoms with Crippen molar-refractivity contribution in [1.82, 2.24) is 4.90 Å². The third-order valence-electron chi connectivity index (χ3n) is 5.41. The molecule has 0 saturated heterocycles. The summed E-state index contributed by atoms with van der Waals surface area (Å²) in [5.74, 6) is 0.0826. The maximum atomic E-state index is 12.8. The standard InChI is InChI=1S/C20H27N3O3S/c1-3-18(24)23(14-8-6-5-7-9-14)19-16(12-21)15-10-11-22(13-17(15)27-19)20(25)26-4-2/h14H,3-11,13H2,1-2H3. The molecule has 1 aliphatic carbocycles. The Morgan fingerprint density at radius 2 is 2.04 bits per heavy atom. The molecule has 0 radical (unpaired) electrons. The molecule has 1 aromatic rings. The average Bonchev–Trinajstić information content (AvgIpc) is 3.06. The molecule has 1 fully saturated rings. The zero-order chi connectivity index (χ0) is 19.4. The van der Waals surface area contributed by atoms with Crippen LogP contribution in [0.4, 0.5) is 9.80 Å². The van der Waals surface area contributed by atoms with Crippen molar-refractivity contribution in [3.05, 3.63) is 16.0 Å². The molecule has 146 valence electrons. The fourth-order valence-corrected chi connectivity index (χ4v) is 5.44. The zero-order valence-corrected chi connectivity index (χ0v) is 16.9. The van der Waals surface area contributed by atoms with Crippen LogP contribution in [-0.4, -0.2) is 36.1 Å². The van der Waals surface area contributed by atoms with Crippen LogP contribution in [0, 0.1) is 11.3 Å². The normalized spacial score (nSPS) is 17.1. The first-order valence-corrected chi connectivity index (χ1v) is 10.7. The highest BCUT2D eigenvalue weighted by Crippen LogP contribution is 2.41. The Hall–Kier alpha value is -2.07. The minimum absolute atomic E-state index is 0.0826. The summed E-state index contributed by atoms with van der Waals surface area (Å²) in [6.45, 7) is 5.01. The first kappa shape index (κ1) is 19.7. The highest BCUT2D eigenvalue weighted by Gasteiger charge is 2.34. The van der Waals surface area contributed by atoms with E-state index in [2.05, 4.69) is 6.07 Å². The van der Waals surface area contributed by atoms with E-state index in [1.807, 2.05) is 11.8 Å². The minimum atomic E-state index is -0.314. The van der Waals surface area contributed by atoms with Crippen LogP contribution in [0.3, 0.4) is 0 Å². The van der Waals surface area contributed by atoms with Crippen molar-refractivity contribution >= 4 is 28.3 Å². The predicted molar refractivity (Wildman–Crippen MR) is 105 cm³/mol. The van der Waals surface area contributed by atoms with E-state index in [0.29, 0.717) is 38.1 Å². The average molecular weight is 390 g/mol. The summed E-state index contributed by atoms with van der Waals surface area (Å²) in [6.07, 6.45) is 6.20. The van der Waals surface area contributed by atoms with Gasteiger partial charge in [0.05, 0.1) is 18.7 Å². The van der Waals surface area contributed by atoms with Crippen LogP contribution in [-0.2, 0) is 22.5 Å². The molecule has 0 unspecified atom stereocenters. The van der Waals surface area contributed by atoms with Crippen molar-refractivity contribution < 1.29 is 14.3 Å². The van der Waals surface area contributed by atoms with Crippen molar-refractivity contribution in [3.8, 4) is 6.07 Å². The van der Waals surface area contributed by atoms with E-state index >= 15 is 0 Å². The molecule has 7 heteroatoms. The highest BCUT2D eigenvalue weighted by molar-refractivity contribution is 7.16. The number of hydrogen-bond acceptors (Lipinski definition) is 5. The molecular weight excluding hydrogens is 362 g/mol. The summed E-state index contributed by atoms with van der Waals surface area (Å²) >= 11 is 1.50. The van der Waals surface area contributed by atoms with Crippen LogP contribution in [0.15, 0.2) is 0 Å². The molecule has 3 rings (SSSR count). The first-order chi connectivity index (χ1) is 13.1. The topological polar surface area (TPSA) is 73.6 Å². The molecule has 0 aromatic carbocycles. The molecular formula is C20H27N3O3S. The number of amides is 2. The minimum Gasteiger partial charge on any atom is -0.450 e. The molecule has 2 aliphatic rings. The molecule has 0 atom stereocenters. The van der Waals surface area contributed by atoms with Crippen LogP contribution in [0.1, 0.15) is 68.4 Å². The Morgan fingerprint density at radius 1 is 1.30 bits per heavy atom. The van der Waals surface area contributed by atoms with Gasteiger partial charge in [-0.2, -0.15) is 5.26 Å². The molecule has 0 N–H and O–H groups in total. The fourth-order valence-electron chi connectivity index (χ4n) is 4.04. The number of nitrogens with zero attached hydrogens (tertiary/aromatic N) is 3. The molecule has 1 aromatic heterocycles. The lowest BCUT2D eigenvalue weighted by molar-refractivity contribution is -0.118. The monoisotopic (exact) mass is 389 g/mol. The van der Waals surface area contributed by atoms with E-state index in [0.717, 1.165) is 41.1 Å². The zero-order valence-electron chi connectivity index (χ0n) is 16.1. The van der Waals surface area contributed by atoms with Crippen molar-refractivity contribution in [2.45, 2.75) is 71.4 Å². The number of thiophene rings is 1. The van der Waals surface area contributed by atoms with Gasteiger partial charge in [0, 0.05) is 23.9 Å². The Balaban J connectivity index is 1.94. The fraction of sp³-hybridized carbons (Fsp3) is 0.650. The second kappa shape index (κ2) is 8.75. The van der Waals surface area contributed by atoms with Crippen molar-refractivity contribution in [2.75, 3.05) is 18.1 Å². The maximum absolute atomic E-state index is 12.8. The summed E-state index contributed by atoms with van der Waals surface area (Å²) in [6, 6.07) is 2.53. The van der Waals surface area contributed by atoms with Gasteiger partial charge in [0.25, 0.3) is 0 Å². The molecule has 27 heavy (non-hydrogen) atoms. The summed E-state index contributed by atoms with van der Waals surface area (Å²) in [5.41, 5.74) is 1.63. The van der Waals surface area contributed by atoms with E-state index < -0.39 is 0 Å². The van der Waals surface area contributed by atoms with E-state index in [1.54, 1.807) is 11.8 Å². The van der Waals surface area contributed by atoms with Gasteiger partial charge in [0.2, 0.25) is 5.91 Å². The number of nitriles is 1. The van der Waals surface area contributed by atoms with Crippen molar-refractivity contribution in [2.24, 2.45) is 0 Å². The highest BCUT2D eigenvalue weighted by atomic mass is 32.1. The van der Waals surface area contributed by atoms with Crippen molar-refractivity contribution in [3.63, 3.8) is 0 Å². The molecule has 2 heterocycles. The molecule has 1 aliphatic heterocycles. The lowest BCUT2D eigenvalue weighted by Crippen LogP contribution is -2.41. The Labute approximate surface area is 164 Å². The number of fused-ring (bicyclic) bond motifs is 1. The third-order valence-corrected chi connectivity index (χ3v) is 6.62. The summed E-state index contributed by atoms with van der Waals surface area (Å²) in [4.78, 5) is 29.5. The van der Waals surface area contributed by atoms with E-state index in [9.17, 15) is 14.9 Å². The lowest BCUT2D eigenvalue weighted by Gasteiger charge is -2.33. The lowest BCUT2D eigenvalue weighted by atomic mass is 9.93. The summed E-state index contributed by atoms with van der Waals surface area (Å²) < 4.78 is 5.12. The van der Waals surface area contributed by atoms with Crippen LogP contribution in [0.2, 0.25) is 0 Å². The number of hydrogen-bond donors (Lipinski definition) is 0. The second-order valence-corrected chi connectivity index (χ2v) is 8.16. The van der Waals surface area contributed by atoms with Gasteiger partial charge < -0.3 is 9.64 Å². The Bertz CT molecular complexity index is 746. The molecule has 6 nitrogen and oxygen atoms in total. The number of ether oxygens (including phenoxy) is 1. The summed E-state index contributed by atoms with van der Waals surface area (Å²) in [5, 5.41) is 10.6. The van der Waals surface area contributed by atoms with Gasteiger partial charge in [-0.25, -0.2) is 4.79 Å². The number of carbonyl (C=O) groups excluding carboxylic acids is 2. The third kappa shape index (κ3) is 3.96. The van der Waals surface area contributed by atoms with Crippen LogP contribution in [0.5, 0.6) is 0 Å². The largest absolute Gasteiger partial charge is 0.450 e. The van der Waals surface area contributed by atoms with E-state index in [-0.39, 0.29) is 18.0 Å². The predicted octanol–water partition coefficient (Wildman–Crippen LogP) is 4.21. The maximum Gasteiger partial charge on any atom is 0.410 e. The summed E-state index contributed by atoms with van der Waals surface area (Å²) in [7, 11) is 0. The SMILES string of the molecule is CCOC(=O)N1CCc2c(sc(N(C(=O)CC)C3CCCCC3)c2C#N)C1. The van der Waals surface area contributed by atoms with Gasteiger partial charge in [-0.1, -0.05) is 26.2 Å². The van der Waals surface area contributed by atoms with E-state index in [4.69, 9.17) is 4.74 Å². The molecule has 0 bridgehead atoms. The van der Waals surface area contributed by atoms with Crippen molar-refractivity contribution in [1.29, 1.82) is 5.26 Å². The number of carbonyl (C=O) groups is 2. The molecule has 1 saturated carbocycles.